The topological polar surface area (TPSA) is 62.0 Å². The van der Waals surface area contributed by atoms with Crippen LogP contribution in [0.3, 0.4) is 0 Å². The standard InChI is InChI=1S/C8H14N2O2S/c1-9-5-3-7-13(11,12)8-4-2-6-10-8/h2,4,6,9-10H,3,5,7H2,1H3. The highest BCUT2D eigenvalue weighted by Gasteiger charge is 2.13. The molecule has 74 valence electrons. The van der Waals surface area contributed by atoms with Crippen LogP contribution in [0.1, 0.15) is 6.42 Å². The molecule has 0 atom stereocenters. The summed E-state index contributed by atoms with van der Waals surface area (Å²) in [7, 11) is -1.28. The third-order valence-electron chi connectivity index (χ3n) is 1.74. The number of rotatable bonds is 5. The normalized spacial score (nSPS) is 11.8. The zero-order valence-corrected chi connectivity index (χ0v) is 8.39. The molecule has 1 rings (SSSR count). The predicted octanol–water partition coefficient (Wildman–Crippen LogP) is 0.398. The lowest BCUT2D eigenvalue weighted by Crippen LogP contribution is -2.14. The van der Waals surface area contributed by atoms with Crippen LogP contribution in [-0.4, -0.2) is 32.7 Å². The van der Waals surface area contributed by atoms with Crippen molar-refractivity contribution in [1.29, 1.82) is 0 Å². The van der Waals surface area contributed by atoms with Crippen molar-refractivity contribution in [2.45, 2.75) is 11.4 Å². The van der Waals surface area contributed by atoms with Gasteiger partial charge in [-0.2, -0.15) is 0 Å². The summed E-state index contributed by atoms with van der Waals surface area (Å²) in [6.07, 6.45) is 2.25. The van der Waals surface area contributed by atoms with Gasteiger partial charge in [-0.05, 0) is 32.1 Å². The Labute approximate surface area is 78.3 Å². The van der Waals surface area contributed by atoms with Gasteiger partial charge >= 0.3 is 0 Å². The quantitative estimate of drug-likeness (QED) is 0.679. The number of H-pyrrole nitrogens is 1. The van der Waals surface area contributed by atoms with Crippen LogP contribution in [0.15, 0.2) is 23.4 Å². The highest BCUT2D eigenvalue weighted by molar-refractivity contribution is 7.91. The van der Waals surface area contributed by atoms with Crippen LogP contribution >= 0.6 is 0 Å². The molecule has 1 aromatic rings. The lowest BCUT2D eigenvalue weighted by Gasteiger charge is -2.00. The summed E-state index contributed by atoms with van der Waals surface area (Å²) in [5.41, 5.74) is 0. The van der Waals surface area contributed by atoms with E-state index in [1.54, 1.807) is 25.4 Å². The molecule has 2 N–H and O–H groups in total. The van der Waals surface area contributed by atoms with Gasteiger partial charge in [-0.3, -0.25) is 0 Å². The summed E-state index contributed by atoms with van der Waals surface area (Å²) >= 11 is 0. The molecule has 13 heavy (non-hydrogen) atoms. The Morgan fingerprint density at radius 2 is 2.31 bits per heavy atom. The number of hydrogen-bond acceptors (Lipinski definition) is 3. The second-order valence-electron chi connectivity index (χ2n) is 2.81. The fraction of sp³-hybridized carbons (Fsp3) is 0.500. The first-order valence-corrected chi connectivity index (χ1v) is 5.83. The number of sulfone groups is 1. The average molecular weight is 202 g/mol. The van der Waals surface area contributed by atoms with E-state index in [2.05, 4.69) is 10.3 Å². The van der Waals surface area contributed by atoms with E-state index in [-0.39, 0.29) is 5.75 Å². The molecular formula is C8H14N2O2S. The first kappa shape index (κ1) is 10.3. The Morgan fingerprint density at radius 3 is 2.85 bits per heavy atom. The summed E-state index contributed by atoms with van der Waals surface area (Å²) < 4.78 is 23.0. The van der Waals surface area contributed by atoms with Crippen molar-refractivity contribution in [2.75, 3.05) is 19.3 Å². The number of hydrogen-bond donors (Lipinski definition) is 2. The van der Waals surface area contributed by atoms with Gasteiger partial charge in [0.2, 0.25) is 0 Å². The van der Waals surface area contributed by atoms with Crippen LogP contribution in [-0.2, 0) is 9.84 Å². The minimum absolute atomic E-state index is 0.189. The zero-order valence-electron chi connectivity index (χ0n) is 7.58. The van der Waals surface area contributed by atoms with Gasteiger partial charge in [0.05, 0.1) is 5.75 Å². The maximum atomic E-state index is 11.5. The van der Waals surface area contributed by atoms with Crippen molar-refractivity contribution in [2.24, 2.45) is 0 Å². The van der Waals surface area contributed by atoms with E-state index in [0.717, 1.165) is 6.54 Å². The predicted molar refractivity (Wildman–Crippen MR) is 51.4 cm³/mol. The average Bonchev–Trinajstić information content (AvgIpc) is 2.56. The number of nitrogens with one attached hydrogen (secondary N) is 2. The van der Waals surface area contributed by atoms with E-state index in [4.69, 9.17) is 0 Å². The van der Waals surface area contributed by atoms with Gasteiger partial charge in [0.25, 0.3) is 0 Å². The van der Waals surface area contributed by atoms with Crippen LogP contribution in [0, 0.1) is 0 Å². The molecule has 5 heteroatoms. The SMILES string of the molecule is CNCCCS(=O)(=O)c1ccc[nH]1. The van der Waals surface area contributed by atoms with Gasteiger partial charge in [-0.1, -0.05) is 0 Å². The van der Waals surface area contributed by atoms with Gasteiger partial charge in [0.15, 0.2) is 9.84 Å². The molecule has 1 heterocycles. The lowest BCUT2D eigenvalue weighted by molar-refractivity contribution is 0.589. The Hall–Kier alpha value is -0.810. The highest BCUT2D eigenvalue weighted by Crippen LogP contribution is 2.07. The first-order chi connectivity index (χ1) is 6.17. The third-order valence-corrected chi connectivity index (χ3v) is 3.49. The van der Waals surface area contributed by atoms with Crippen molar-refractivity contribution >= 4 is 9.84 Å². The minimum atomic E-state index is -3.08. The molecule has 0 amide bonds. The molecule has 0 unspecified atom stereocenters. The second kappa shape index (κ2) is 4.43. The minimum Gasteiger partial charge on any atom is -0.352 e. The third kappa shape index (κ3) is 2.86. The van der Waals surface area contributed by atoms with Crippen LogP contribution in [0.4, 0.5) is 0 Å². The summed E-state index contributed by atoms with van der Waals surface area (Å²) in [5.74, 6) is 0.189. The van der Waals surface area contributed by atoms with E-state index in [1.165, 1.54) is 0 Å². The Kier molecular flexibility index (Phi) is 3.50. The maximum absolute atomic E-state index is 11.5. The Balaban J connectivity index is 2.58. The molecule has 0 aromatic carbocycles. The van der Waals surface area contributed by atoms with Gasteiger partial charge in [-0.25, -0.2) is 8.42 Å². The van der Waals surface area contributed by atoms with E-state index in [1.807, 2.05) is 0 Å². The molecule has 0 saturated heterocycles. The second-order valence-corrected chi connectivity index (χ2v) is 4.89. The fourth-order valence-corrected chi connectivity index (χ4v) is 2.33. The molecule has 0 bridgehead atoms. The van der Waals surface area contributed by atoms with E-state index >= 15 is 0 Å². The van der Waals surface area contributed by atoms with E-state index in [9.17, 15) is 8.42 Å². The maximum Gasteiger partial charge on any atom is 0.193 e. The van der Waals surface area contributed by atoms with Crippen LogP contribution in [0.5, 0.6) is 0 Å². The zero-order chi connectivity index (χ0) is 9.73. The van der Waals surface area contributed by atoms with E-state index in [0.29, 0.717) is 11.4 Å². The monoisotopic (exact) mass is 202 g/mol. The van der Waals surface area contributed by atoms with E-state index < -0.39 is 9.84 Å². The molecular weight excluding hydrogens is 188 g/mol. The molecule has 1 aromatic heterocycles. The first-order valence-electron chi connectivity index (χ1n) is 4.17. The van der Waals surface area contributed by atoms with Crippen molar-refractivity contribution in [3.8, 4) is 0 Å². The van der Waals surface area contributed by atoms with Gasteiger partial charge in [-0.15, -0.1) is 0 Å². The molecule has 0 saturated carbocycles. The Bertz CT molecular complexity index is 329. The molecule has 0 aliphatic heterocycles. The molecule has 0 spiro atoms. The molecule has 4 nitrogen and oxygen atoms in total. The van der Waals surface area contributed by atoms with Crippen molar-refractivity contribution in [3.05, 3.63) is 18.3 Å². The van der Waals surface area contributed by atoms with Crippen molar-refractivity contribution in [3.63, 3.8) is 0 Å². The largest absolute Gasteiger partial charge is 0.352 e. The van der Waals surface area contributed by atoms with Crippen LogP contribution in [0.2, 0.25) is 0 Å². The summed E-state index contributed by atoms with van der Waals surface area (Å²) in [4.78, 5) is 2.70. The number of aromatic nitrogens is 1. The summed E-state index contributed by atoms with van der Waals surface area (Å²) in [5, 5.41) is 3.22. The number of aromatic amines is 1. The molecule has 0 aliphatic carbocycles. The van der Waals surface area contributed by atoms with Gasteiger partial charge in [0, 0.05) is 6.20 Å². The van der Waals surface area contributed by atoms with Gasteiger partial charge in [0.1, 0.15) is 5.03 Å². The van der Waals surface area contributed by atoms with Crippen LogP contribution < -0.4 is 5.32 Å². The van der Waals surface area contributed by atoms with Crippen molar-refractivity contribution < 1.29 is 8.42 Å². The molecule has 0 aliphatic rings. The molecule has 0 radical (unpaired) electrons. The highest BCUT2D eigenvalue weighted by atomic mass is 32.2. The lowest BCUT2D eigenvalue weighted by atomic mass is 10.5. The van der Waals surface area contributed by atoms with Gasteiger partial charge < -0.3 is 10.3 Å². The summed E-state index contributed by atoms with van der Waals surface area (Å²) in [6.45, 7) is 0.722. The fourth-order valence-electron chi connectivity index (χ4n) is 1.06. The Morgan fingerprint density at radius 1 is 1.54 bits per heavy atom. The summed E-state index contributed by atoms with van der Waals surface area (Å²) in [6, 6.07) is 3.26. The van der Waals surface area contributed by atoms with Crippen LogP contribution in [0.25, 0.3) is 0 Å². The molecule has 0 fully saturated rings. The van der Waals surface area contributed by atoms with Crippen molar-refractivity contribution in [1.82, 2.24) is 10.3 Å². The smallest absolute Gasteiger partial charge is 0.193 e.